The summed E-state index contributed by atoms with van der Waals surface area (Å²) in [6, 6.07) is 9.77. The summed E-state index contributed by atoms with van der Waals surface area (Å²) in [5.74, 6) is 1.28. The summed E-state index contributed by atoms with van der Waals surface area (Å²) in [7, 11) is 0. The van der Waals surface area contributed by atoms with Gasteiger partial charge in [-0.25, -0.2) is 4.39 Å². The normalized spacial score (nSPS) is 20.3. The molecule has 2 heteroatoms. The lowest BCUT2D eigenvalue weighted by Crippen LogP contribution is -2.13. The predicted molar refractivity (Wildman–Crippen MR) is 108 cm³/mol. The van der Waals surface area contributed by atoms with Gasteiger partial charge in [-0.3, -0.25) is 4.98 Å². The molecule has 1 aromatic heterocycles. The van der Waals surface area contributed by atoms with Gasteiger partial charge in [-0.05, 0) is 73.3 Å². The van der Waals surface area contributed by atoms with Crippen LogP contribution in [0.15, 0.2) is 36.5 Å². The molecule has 0 amide bonds. The Bertz CT molecular complexity index is 684. The number of benzene rings is 1. The Kier molecular flexibility index (Phi) is 6.82. The number of nitrogens with zero attached hydrogens (tertiary/aromatic N) is 1. The molecule has 0 spiro atoms. The summed E-state index contributed by atoms with van der Waals surface area (Å²) < 4.78 is 14.7. The van der Waals surface area contributed by atoms with Crippen molar-refractivity contribution in [1.82, 2.24) is 4.98 Å². The van der Waals surface area contributed by atoms with Crippen LogP contribution in [0.3, 0.4) is 0 Å². The van der Waals surface area contributed by atoms with E-state index in [4.69, 9.17) is 0 Å². The maximum Gasteiger partial charge on any atom is 0.132 e. The minimum Gasteiger partial charge on any atom is -0.256 e. The molecule has 0 radical (unpaired) electrons. The van der Waals surface area contributed by atoms with Gasteiger partial charge in [0.05, 0.1) is 5.69 Å². The highest BCUT2D eigenvalue weighted by atomic mass is 19.1. The van der Waals surface area contributed by atoms with Gasteiger partial charge in [-0.2, -0.15) is 0 Å². The Morgan fingerprint density at radius 2 is 1.81 bits per heavy atom. The van der Waals surface area contributed by atoms with E-state index in [9.17, 15) is 4.39 Å². The zero-order valence-electron chi connectivity index (χ0n) is 16.3. The fraction of sp³-hybridized carbons (Fsp3) is 0.542. The summed E-state index contributed by atoms with van der Waals surface area (Å²) in [6.45, 7) is 4.37. The molecule has 1 aromatic carbocycles. The van der Waals surface area contributed by atoms with Crippen molar-refractivity contribution in [1.29, 1.82) is 0 Å². The van der Waals surface area contributed by atoms with E-state index in [2.05, 4.69) is 24.9 Å². The first kappa shape index (κ1) is 19.1. The average molecular weight is 354 g/mol. The number of aryl methyl sites for hydroxylation is 1. The lowest BCUT2D eigenvalue weighted by atomic mass is 9.77. The van der Waals surface area contributed by atoms with E-state index in [-0.39, 0.29) is 5.82 Å². The van der Waals surface area contributed by atoms with Crippen LogP contribution in [-0.2, 0) is 6.42 Å². The van der Waals surface area contributed by atoms with Crippen molar-refractivity contribution >= 4 is 0 Å². The summed E-state index contributed by atoms with van der Waals surface area (Å²) >= 11 is 0. The quantitative estimate of drug-likeness (QED) is 0.476. The topological polar surface area (TPSA) is 12.9 Å². The first-order valence-electron chi connectivity index (χ1n) is 10.5. The van der Waals surface area contributed by atoms with Gasteiger partial charge in [0.1, 0.15) is 5.82 Å². The molecule has 0 N–H and O–H groups in total. The summed E-state index contributed by atoms with van der Waals surface area (Å²) in [6.07, 6.45) is 13.2. The van der Waals surface area contributed by atoms with E-state index < -0.39 is 0 Å². The van der Waals surface area contributed by atoms with Crippen molar-refractivity contribution < 1.29 is 4.39 Å². The molecule has 3 rings (SSSR count). The van der Waals surface area contributed by atoms with Crippen molar-refractivity contribution in [3.63, 3.8) is 0 Å². The van der Waals surface area contributed by atoms with E-state index in [0.29, 0.717) is 11.5 Å². The smallest absolute Gasteiger partial charge is 0.132 e. The molecule has 1 saturated carbocycles. The summed E-state index contributed by atoms with van der Waals surface area (Å²) in [5.41, 5.74) is 3.69. The third kappa shape index (κ3) is 4.72. The highest BCUT2D eigenvalue weighted by molar-refractivity contribution is 5.60. The van der Waals surface area contributed by atoms with Crippen molar-refractivity contribution in [3.8, 4) is 11.3 Å². The molecule has 0 unspecified atom stereocenters. The van der Waals surface area contributed by atoms with Gasteiger partial charge in [0, 0.05) is 11.8 Å². The number of halogens is 1. The highest BCUT2D eigenvalue weighted by Crippen LogP contribution is 2.38. The number of unbranched alkanes of at least 4 members (excludes halogenated alkanes) is 2. The Balaban J connectivity index is 1.62. The van der Waals surface area contributed by atoms with E-state index in [1.165, 1.54) is 62.5 Å². The Labute approximate surface area is 158 Å². The first-order valence-corrected chi connectivity index (χ1v) is 10.5. The van der Waals surface area contributed by atoms with E-state index in [1.807, 2.05) is 24.4 Å². The number of hydrogen-bond donors (Lipinski definition) is 0. The fourth-order valence-electron chi connectivity index (χ4n) is 4.25. The van der Waals surface area contributed by atoms with Gasteiger partial charge in [-0.15, -0.1) is 0 Å². The van der Waals surface area contributed by atoms with Crippen LogP contribution in [0.25, 0.3) is 11.3 Å². The van der Waals surface area contributed by atoms with Crippen molar-refractivity contribution in [2.24, 2.45) is 5.92 Å². The minimum absolute atomic E-state index is 0.135. The molecule has 1 aliphatic rings. The van der Waals surface area contributed by atoms with Crippen LogP contribution >= 0.6 is 0 Å². The van der Waals surface area contributed by atoms with Gasteiger partial charge >= 0.3 is 0 Å². The molecule has 26 heavy (non-hydrogen) atoms. The molecule has 0 aliphatic heterocycles. The van der Waals surface area contributed by atoms with Crippen LogP contribution in [0, 0.1) is 11.7 Å². The van der Waals surface area contributed by atoms with E-state index >= 15 is 0 Å². The number of aromatic nitrogens is 1. The van der Waals surface area contributed by atoms with Gasteiger partial charge in [-0.1, -0.05) is 51.7 Å². The first-order chi connectivity index (χ1) is 12.7. The fourth-order valence-corrected chi connectivity index (χ4v) is 4.25. The lowest BCUT2D eigenvalue weighted by Gasteiger charge is -2.29. The monoisotopic (exact) mass is 353 g/mol. The number of hydrogen-bond acceptors (Lipinski definition) is 1. The summed E-state index contributed by atoms with van der Waals surface area (Å²) in [4.78, 5) is 4.43. The molecule has 1 aliphatic carbocycles. The van der Waals surface area contributed by atoms with Gasteiger partial charge < -0.3 is 0 Å². The maximum absolute atomic E-state index is 14.7. The Morgan fingerprint density at radius 1 is 1.00 bits per heavy atom. The van der Waals surface area contributed by atoms with Crippen molar-refractivity contribution in [2.45, 2.75) is 77.6 Å². The molecule has 1 nitrogen and oxygen atoms in total. The number of rotatable bonds is 7. The Morgan fingerprint density at radius 3 is 2.42 bits per heavy atom. The second-order valence-corrected chi connectivity index (χ2v) is 7.86. The van der Waals surface area contributed by atoms with E-state index in [1.54, 1.807) is 6.07 Å². The molecule has 0 bridgehead atoms. The van der Waals surface area contributed by atoms with Crippen LogP contribution in [0.2, 0.25) is 0 Å². The third-order valence-corrected chi connectivity index (χ3v) is 6.04. The van der Waals surface area contributed by atoms with Crippen molar-refractivity contribution in [2.75, 3.05) is 0 Å². The predicted octanol–water partition coefficient (Wildman–Crippen LogP) is 7.30. The summed E-state index contributed by atoms with van der Waals surface area (Å²) in [5, 5.41) is 0. The average Bonchev–Trinajstić information content (AvgIpc) is 2.69. The van der Waals surface area contributed by atoms with Crippen LogP contribution in [0.4, 0.5) is 4.39 Å². The Hall–Kier alpha value is -1.70. The zero-order valence-corrected chi connectivity index (χ0v) is 16.3. The van der Waals surface area contributed by atoms with Gasteiger partial charge in [0.25, 0.3) is 0 Å². The molecule has 1 heterocycles. The third-order valence-electron chi connectivity index (χ3n) is 6.04. The molecule has 0 atom stereocenters. The molecule has 140 valence electrons. The van der Waals surface area contributed by atoms with Crippen LogP contribution in [0.1, 0.15) is 82.3 Å². The zero-order chi connectivity index (χ0) is 18.4. The second-order valence-electron chi connectivity index (χ2n) is 7.86. The molecule has 1 fully saturated rings. The molecule has 2 aromatic rings. The highest BCUT2D eigenvalue weighted by Gasteiger charge is 2.23. The minimum atomic E-state index is -0.135. The van der Waals surface area contributed by atoms with Crippen LogP contribution in [0.5, 0.6) is 0 Å². The SMILES string of the molecule is CCCCCC1CCC(c2ccc(-c3ccc(CC)cn3)c(F)c2)CC1. The van der Waals surface area contributed by atoms with Gasteiger partial charge in [0.2, 0.25) is 0 Å². The molecular weight excluding hydrogens is 321 g/mol. The molecule has 0 saturated heterocycles. The largest absolute Gasteiger partial charge is 0.256 e. The maximum atomic E-state index is 14.7. The standard InChI is InChI=1S/C24H32FN/c1-3-5-6-7-19-8-11-20(12-9-19)21-13-14-22(23(25)16-21)24-15-10-18(4-2)17-26-24/h10,13-17,19-20H,3-9,11-12H2,1-2H3. The van der Waals surface area contributed by atoms with Gasteiger partial charge in [0.15, 0.2) is 0 Å². The number of pyridine rings is 1. The van der Waals surface area contributed by atoms with Crippen LogP contribution in [-0.4, -0.2) is 4.98 Å². The van der Waals surface area contributed by atoms with Crippen LogP contribution < -0.4 is 0 Å². The lowest BCUT2D eigenvalue weighted by molar-refractivity contribution is 0.302. The van der Waals surface area contributed by atoms with Crippen molar-refractivity contribution in [3.05, 3.63) is 53.5 Å². The molecular formula is C24H32FN. The van der Waals surface area contributed by atoms with E-state index in [0.717, 1.165) is 18.0 Å². The second kappa shape index (κ2) is 9.30.